The molecule has 2 rings (SSSR count). The summed E-state index contributed by atoms with van der Waals surface area (Å²) in [7, 11) is 1.32. The number of rotatable bonds is 12. The van der Waals surface area contributed by atoms with E-state index < -0.39 is 11.0 Å². The Kier molecular flexibility index (Phi) is 9.65. The number of nitro groups is 1. The Morgan fingerprint density at radius 1 is 1.12 bits per heavy atom. The van der Waals surface area contributed by atoms with Crippen molar-refractivity contribution in [3.8, 4) is 11.5 Å². The summed E-state index contributed by atoms with van der Waals surface area (Å²) in [6, 6.07) is 12.8. The van der Waals surface area contributed by atoms with Crippen molar-refractivity contribution >= 4 is 17.5 Å². The Balaban J connectivity index is 2.22. The maximum Gasteiger partial charge on any atom is 0.311 e. The molecule has 2 aromatic carbocycles. The van der Waals surface area contributed by atoms with Crippen molar-refractivity contribution in [2.75, 3.05) is 13.7 Å². The van der Waals surface area contributed by atoms with Crippen molar-refractivity contribution in [3.05, 3.63) is 64.2 Å². The zero-order valence-corrected chi connectivity index (χ0v) is 19.4. The lowest BCUT2D eigenvalue weighted by molar-refractivity contribution is -0.385. The number of ether oxygens (including phenoxy) is 2. The van der Waals surface area contributed by atoms with Gasteiger partial charge in [-0.3, -0.25) is 19.7 Å². The predicted octanol–water partition coefficient (Wildman–Crippen LogP) is 3.70. The summed E-state index contributed by atoms with van der Waals surface area (Å²) in [5.41, 5.74) is 0.687. The van der Waals surface area contributed by atoms with Gasteiger partial charge in [-0.25, -0.2) is 0 Å². The van der Waals surface area contributed by atoms with Gasteiger partial charge in [0.15, 0.2) is 6.61 Å². The monoisotopic (exact) mass is 457 g/mol. The van der Waals surface area contributed by atoms with E-state index in [0.29, 0.717) is 6.42 Å². The number of amides is 2. The largest absolute Gasteiger partial charge is 0.490 e. The van der Waals surface area contributed by atoms with E-state index in [1.807, 2.05) is 51.1 Å². The average molecular weight is 458 g/mol. The van der Waals surface area contributed by atoms with E-state index in [9.17, 15) is 19.7 Å². The number of methoxy groups -OCH3 is 1. The van der Waals surface area contributed by atoms with Crippen LogP contribution in [0.1, 0.15) is 39.2 Å². The maximum atomic E-state index is 13.2. The Hall–Kier alpha value is -3.62. The van der Waals surface area contributed by atoms with Gasteiger partial charge in [0.05, 0.1) is 12.0 Å². The second kappa shape index (κ2) is 12.4. The van der Waals surface area contributed by atoms with E-state index in [1.54, 1.807) is 0 Å². The van der Waals surface area contributed by atoms with Crippen molar-refractivity contribution in [2.45, 2.75) is 52.2 Å². The summed E-state index contributed by atoms with van der Waals surface area (Å²) in [5, 5.41) is 14.0. The molecule has 9 nitrogen and oxygen atoms in total. The fourth-order valence-corrected chi connectivity index (χ4v) is 3.27. The van der Waals surface area contributed by atoms with E-state index in [0.717, 1.165) is 12.0 Å². The van der Waals surface area contributed by atoms with Crippen molar-refractivity contribution in [1.29, 1.82) is 0 Å². The van der Waals surface area contributed by atoms with Gasteiger partial charge < -0.3 is 19.7 Å². The van der Waals surface area contributed by atoms with Gasteiger partial charge in [-0.15, -0.1) is 0 Å². The van der Waals surface area contributed by atoms with Crippen LogP contribution in [0.2, 0.25) is 0 Å². The van der Waals surface area contributed by atoms with Crippen LogP contribution in [-0.4, -0.2) is 47.4 Å². The molecule has 2 aromatic rings. The molecular formula is C24H31N3O6. The van der Waals surface area contributed by atoms with Crippen molar-refractivity contribution in [1.82, 2.24) is 10.2 Å². The molecule has 0 heterocycles. The number of nitrogens with zero attached hydrogens (tertiary/aromatic N) is 2. The Labute approximate surface area is 193 Å². The molecule has 178 valence electrons. The molecule has 0 aromatic heterocycles. The van der Waals surface area contributed by atoms with Gasteiger partial charge in [-0.2, -0.15) is 0 Å². The molecule has 0 aliphatic carbocycles. The molecule has 0 fully saturated rings. The molecule has 0 aliphatic heterocycles. The van der Waals surface area contributed by atoms with Gasteiger partial charge in [0.2, 0.25) is 11.7 Å². The number of benzene rings is 2. The van der Waals surface area contributed by atoms with Crippen LogP contribution in [0.25, 0.3) is 0 Å². The molecule has 0 aliphatic rings. The summed E-state index contributed by atoms with van der Waals surface area (Å²) in [4.78, 5) is 38.1. The van der Waals surface area contributed by atoms with Crippen LogP contribution in [0.3, 0.4) is 0 Å². The lowest BCUT2D eigenvalue weighted by Gasteiger charge is -2.31. The van der Waals surface area contributed by atoms with Crippen molar-refractivity contribution < 1.29 is 24.0 Å². The normalized spacial score (nSPS) is 12.4. The van der Waals surface area contributed by atoms with Gasteiger partial charge in [-0.05, 0) is 31.4 Å². The molecule has 0 bridgehead atoms. The molecule has 0 spiro atoms. The van der Waals surface area contributed by atoms with Gasteiger partial charge >= 0.3 is 5.69 Å². The first-order valence-electron chi connectivity index (χ1n) is 10.9. The Morgan fingerprint density at radius 3 is 2.39 bits per heavy atom. The number of hydrogen-bond donors (Lipinski definition) is 1. The predicted molar refractivity (Wildman–Crippen MR) is 124 cm³/mol. The molecule has 0 unspecified atom stereocenters. The van der Waals surface area contributed by atoms with Gasteiger partial charge in [-0.1, -0.05) is 44.2 Å². The van der Waals surface area contributed by atoms with E-state index >= 15 is 0 Å². The van der Waals surface area contributed by atoms with Crippen LogP contribution in [0.4, 0.5) is 5.69 Å². The minimum Gasteiger partial charge on any atom is -0.490 e. The summed E-state index contributed by atoms with van der Waals surface area (Å²) in [6.07, 6.45) is 1.21. The van der Waals surface area contributed by atoms with Crippen LogP contribution in [0, 0.1) is 10.1 Å². The third kappa shape index (κ3) is 7.20. The van der Waals surface area contributed by atoms with E-state index in [1.165, 1.54) is 30.2 Å². The number of carbonyl (C=O) groups excluding carboxylic acids is 2. The molecule has 9 heteroatoms. The highest BCUT2D eigenvalue weighted by Gasteiger charge is 2.29. The Morgan fingerprint density at radius 2 is 1.82 bits per heavy atom. The molecule has 1 N–H and O–H groups in total. The van der Waals surface area contributed by atoms with E-state index in [4.69, 9.17) is 9.47 Å². The highest BCUT2D eigenvalue weighted by molar-refractivity contribution is 5.88. The van der Waals surface area contributed by atoms with Gasteiger partial charge in [0.1, 0.15) is 11.8 Å². The first-order chi connectivity index (χ1) is 15.8. The minimum atomic E-state index is -0.665. The summed E-state index contributed by atoms with van der Waals surface area (Å²) in [6.45, 7) is 5.66. The smallest absolute Gasteiger partial charge is 0.311 e. The molecular weight excluding hydrogens is 426 g/mol. The molecule has 33 heavy (non-hydrogen) atoms. The average Bonchev–Trinajstić information content (AvgIpc) is 2.82. The summed E-state index contributed by atoms with van der Waals surface area (Å²) < 4.78 is 10.7. The Bertz CT molecular complexity index is 950. The number of hydrogen-bond acceptors (Lipinski definition) is 6. The molecule has 0 saturated carbocycles. The fourth-order valence-electron chi connectivity index (χ4n) is 3.27. The number of carbonyl (C=O) groups is 2. The van der Waals surface area contributed by atoms with Crippen LogP contribution >= 0.6 is 0 Å². The third-order valence-corrected chi connectivity index (χ3v) is 5.29. The van der Waals surface area contributed by atoms with Crippen LogP contribution in [-0.2, 0) is 16.1 Å². The molecule has 2 atom stereocenters. The fraction of sp³-hybridized carbons (Fsp3) is 0.417. The first-order valence-corrected chi connectivity index (χ1v) is 10.9. The topological polar surface area (TPSA) is 111 Å². The SMILES string of the molecule is CC[C@H](C)NC(=O)[C@H](CC)N(Cc1ccccc1)C(=O)COc1ccc([N+](=O)[O-])c(OC)c1. The van der Waals surface area contributed by atoms with Crippen LogP contribution in [0.15, 0.2) is 48.5 Å². The van der Waals surface area contributed by atoms with Gasteiger partial charge in [0.25, 0.3) is 5.91 Å². The highest BCUT2D eigenvalue weighted by atomic mass is 16.6. The van der Waals surface area contributed by atoms with Crippen molar-refractivity contribution in [2.24, 2.45) is 0 Å². The number of nitro benzene ring substituents is 1. The quantitative estimate of drug-likeness (QED) is 0.384. The molecule has 0 radical (unpaired) electrons. The van der Waals surface area contributed by atoms with E-state index in [2.05, 4.69) is 5.32 Å². The zero-order chi connectivity index (χ0) is 24.4. The molecule has 2 amide bonds. The van der Waals surface area contributed by atoms with Crippen LogP contribution < -0.4 is 14.8 Å². The first kappa shape index (κ1) is 25.6. The summed E-state index contributed by atoms with van der Waals surface area (Å²) >= 11 is 0. The lowest BCUT2D eigenvalue weighted by Crippen LogP contribution is -2.51. The van der Waals surface area contributed by atoms with E-state index in [-0.39, 0.29) is 48.2 Å². The molecule has 0 saturated heterocycles. The summed E-state index contributed by atoms with van der Waals surface area (Å²) in [5.74, 6) is -0.302. The third-order valence-electron chi connectivity index (χ3n) is 5.29. The van der Waals surface area contributed by atoms with Gasteiger partial charge in [0, 0.05) is 24.7 Å². The minimum absolute atomic E-state index is 0.0101. The second-order valence-corrected chi connectivity index (χ2v) is 7.63. The lowest BCUT2D eigenvalue weighted by atomic mass is 10.1. The highest BCUT2D eigenvalue weighted by Crippen LogP contribution is 2.30. The second-order valence-electron chi connectivity index (χ2n) is 7.63. The standard InChI is InChI=1S/C24H31N3O6/c1-5-17(3)25-24(29)20(6-2)26(15-18-10-8-7-9-11-18)23(28)16-33-19-12-13-21(27(30)31)22(14-19)32-4/h7-14,17,20H,5-6,15-16H2,1-4H3,(H,25,29)/t17-,20-/m0/s1. The maximum absolute atomic E-state index is 13.2. The van der Waals surface area contributed by atoms with Crippen molar-refractivity contribution in [3.63, 3.8) is 0 Å². The van der Waals surface area contributed by atoms with Crippen LogP contribution in [0.5, 0.6) is 11.5 Å². The number of nitrogens with one attached hydrogen (secondary N) is 1. The zero-order valence-electron chi connectivity index (χ0n) is 19.4.